The van der Waals surface area contributed by atoms with E-state index < -0.39 is 41.6 Å². The maximum atomic E-state index is 12.4. The van der Waals surface area contributed by atoms with Crippen LogP contribution in [0.4, 0.5) is 0 Å². The molecule has 4 aliphatic rings. The molecule has 0 atom stereocenters. The highest BCUT2D eigenvalue weighted by atomic mass is 16.7. The van der Waals surface area contributed by atoms with E-state index in [1.54, 1.807) is 0 Å². The summed E-state index contributed by atoms with van der Waals surface area (Å²) in [7, 11) is 0. The summed E-state index contributed by atoms with van der Waals surface area (Å²) in [4.78, 5) is 67.7. The van der Waals surface area contributed by atoms with E-state index in [0.29, 0.717) is 52.1 Å². The van der Waals surface area contributed by atoms with Crippen LogP contribution in [0.15, 0.2) is 24.8 Å². The number of hydrogen-bond acceptors (Lipinski definition) is 12. The second-order valence-electron chi connectivity index (χ2n) is 9.92. The van der Waals surface area contributed by atoms with Crippen LogP contribution in [-0.4, -0.2) is 105 Å². The summed E-state index contributed by atoms with van der Waals surface area (Å²) in [6.45, 7) is 2.01. The van der Waals surface area contributed by atoms with Crippen molar-refractivity contribution < 1.29 is 38.1 Å². The molecular weight excluding hydrogens is 512 g/mol. The minimum atomic E-state index is -0.455. The Morgan fingerprint density at radius 3 is 1.21 bits per heavy atom. The smallest absolute Gasteiger partial charge is 0.281 e. The van der Waals surface area contributed by atoms with E-state index in [1.807, 2.05) is 0 Å². The third-order valence-electron chi connectivity index (χ3n) is 7.13. The summed E-state index contributed by atoms with van der Waals surface area (Å²) in [6, 6.07) is 0. The minimum Gasteiger partial charge on any atom is -0.352 e. The van der Waals surface area contributed by atoms with Crippen molar-refractivity contribution in [2.75, 3.05) is 39.5 Å². The van der Waals surface area contributed by atoms with Gasteiger partial charge in [0.25, 0.3) is 23.6 Å². The van der Waals surface area contributed by atoms with Gasteiger partial charge in [0.1, 0.15) is 0 Å². The normalized spacial score (nSPS) is 26.5. The van der Waals surface area contributed by atoms with Gasteiger partial charge >= 0.3 is 0 Å². The molecule has 0 aliphatic carbocycles. The molecule has 204 valence electrons. The number of amides is 4. The van der Waals surface area contributed by atoms with Crippen molar-refractivity contribution in [2.45, 2.75) is 38.3 Å². The van der Waals surface area contributed by atoms with Crippen LogP contribution in [-0.2, 0) is 18.9 Å². The Balaban J connectivity index is 0.893. The predicted molar refractivity (Wildman–Crippen MR) is 127 cm³/mol. The maximum Gasteiger partial charge on any atom is 0.281 e. The molecular formula is C25H26N6O8. The molecule has 0 bridgehead atoms. The molecule has 0 unspecified atom stereocenters. The van der Waals surface area contributed by atoms with Gasteiger partial charge in [-0.15, -0.1) is 0 Å². The topological polar surface area (TPSA) is 163 Å². The van der Waals surface area contributed by atoms with E-state index in [1.165, 1.54) is 24.8 Å². The summed E-state index contributed by atoms with van der Waals surface area (Å²) >= 11 is 0. The van der Waals surface area contributed by atoms with Crippen molar-refractivity contribution in [3.63, 3.8) is 0 Å². The molecule has 2 aromatic rings. The zero-order chi connectivity index (χ0) is 27.0. The Hall–Kier alpha value is -3.72. The Morgan fingerprint density at radius 2 is 0.897 bits per heavy atom. The summed E-state index contributed by atoms with van der Waals surface area (Å²) in [6.07, 6.45) is 6.70. The fourth-order valence-corrected chi connectivity index (χ4v) is 4.99. The molecule has 4 amide bonds. The summed E-state index contributed by atoms with van der Waals surface area (Å²) in [5.74, 6) is -1.74. The number of carbonyl (C=O) groups excluding carboxylic acids is 4. The number of fused-ring (bicyclic) bond motifs is 2. The lowest BCUT2D eigenvalue weighted by molar-refractivity contribution is -0.304. The summed E-state index contributed by atoms with van der Waals surface area (Å²) in [5.41, 5.74) is -0.0779. The lowest BCUT2D eigenvalue weighted by Gasteiger charge is -2.43. The van der Waals surface area contributed by atoms with Crippen molar-refractivity contribution in [1.29, 1.82) is 0 Å². The standard InChI is InChI=1S/C25H26N6O8/c32-21-17-18(27-6-5-26-17)22(33)30(21)9-1-3-15-36-11-25(12-37-15)13-38-16(39-14-25)4-2-10-31-23(34)19-20(24(31)35)29-8-7-28-19/h5-8,15-16H,1-4,9-14H2. The quantitative estimate of drug-likeness (QED) is 0.427. The molecule has 0 saturated carbocycles. The number of rotatable bonds is 8. The SMILES string of the molecule is O=C1c2nccnc2C(=O)N1CCCC1OCC2(CO1)COC(CCCN1C(=O)c3nccnc3C1=O)OC2. The second-order valence-corrected chi connectivity index (χ2v) is 9.92. The monoisotopic (exact) mass is 538 g/mol. The molecule has 0 aromatic carbocycles. The number of hydrogen-bond donors (Lipinski definition) is 0. The first-order valence-electron chi connectivity index (χ1n) is 12.8. The fraction of sp³-hybridized carbons (Fsp3) is 0.520. The largest absolute Gasteiger partial charge is 0.352 e. The first kappa shape index (κ1) is 25.6. The number of imide groups is 2. The molecule has 6 rings (SSSR count). The molecule has 2 aromatic heterocycles. The minimum absolute atomic E-state index is 0.0865. The van der Waals surface area contributed by atoms with Crippen LogP contribution in [0.3, 0.4) is 0 Å². The van der Waals surface area contributed by atoms with E-state index in [2.05, 4.69) is 19.9 Å². The zero-order valence-corrected chi connectivity index (χ0v) is 21.0. The van der Waals surface area contributed by atoms with Gasteiger partial charge in [0.15, 0.2) is 35.4 Å². The van der Waals surface area contributed by atoms with Crippen LogP contribution in [0.5, 0.6) is 0 Å². The molecule has 6 heterocycles. The molecule has 2 fully saturated rings. The lowest BCUT2D eigenvalue weighted by Crippen LogP contribution is -2.52. The average Bonchev–Trinajstić information content (AvgIpc) is 3.36. The predicted octanol–water partition coefficient (Wildman–Crippen LogP) is 0.451. The Morgan fingerprint density at radius 1 is 0.590 bits per heavy atom. The molecule has 0 N–H and O–H groups in total. The highest BCUT2D eigenvalue weighted by Crippen LogP contribution is 2.32. The van der Waals surface area contributed by atoms with Crippen molar-refractivity contribution in [3.05, 3.63) is 47.6 Å². The molecule has 2 saturated heterocycles. The van der Waals surface area contributed by atoms with Crippen LogP contribution >= 0.6 is 0 Å². The van der Waals surface area contributed by atoms with Gasteiger partial charge in [-0.2, -0.15) is 0 Å². The zero-order valence-electron chi connectivity index (χ0n) is 21.0. The molecule has 4 aliphatic heterocycles. The van der Waals surface area contributed by atoms with E-state index in [0.717, 1.165) is 9.80 Å². The first-order valence-corrected chi connectivity index (χ1v) is 12.8. The second kappa shape index (κ2) is 10.4. The van der Waals surface area contributed by atoms with Gasteiger partial charge in [-0.05, 0) is 12.8 Å². The highest BCUT2D eigenvalue weighted by molar-refractivity contribution is 6.19. The summed E-state index contributed by atoms with van der Waals surface area (Å²) < 4.78 is 23.6. The third-order valence-corrected chi connectivity index (χ3v) is 7.13. The van der Waals surface area contributed by atoms with Crippen molar-refractivity contribution in [1.82, 2.24) is 29.7 Å². The van der Waals surface area contributed by atoms with Gasteiger partial charge in [-0.25, -0.2) is 19.9 Å². The van der Waals surface area contributed by atoms with Gasteiger partial charge < -0.3 is 18.9 Å². The van der Waals surface area contributed by atoms with Gasteiger partial charge in [-0.1, -0.05) is 0 Å². The van der Waals surface area contributed by atoms with E-state index in [-0.39, 0.29) is 35.9 Å². The third kappa shape index (κ3) is 4.80. The number of carbonyl (C=O) groups is 4. The lowest BCUT2D eigenvalue weighted by atomic mass is 9.90. The molecule has 14 heteroatoms. The fourth-order valence-electron chi connectivity index (χ4n) is 4.99. The molecule has 0 radical (unpaired) electrons. The van der Waals surface area contributed by atoms with Crippen LogP contribution in [0.25, 0.3) is 0 Å². The number of ether oxygens (including phenoxy) is 4. The number of aromatic nitrogens is 4. The Kier molecular flexibility index (Phi) is 6.85. The van der Waals surface area contributed by atoms with E-state index in [9.17, 15) is 19.2 Å². The maximum absolute atomic E-state index is 12.4. The van der Waals surface area contributed by atoms with Crippen molar-refractivity contribution in [3.8, 4) is 0 Å². The van der Waals surface area contributed by atoms with Crippen LogP contribution in [0.2, 0.25) is 0 Å². The summed E-state index contributed by atoms with van der Waals surface area (Å²) in [5, 5.41) is 0. The average molecular weight is 539 g/mol. The van der Waals surface area contributed by atoms with Gasteiger partial charge in [-0.3, -0.25) is 29.0 Å². The van der Waals surface area contributed by atoms with Gasteiger partial charge in [0.05, 0.1) is 31.8 Å². The van der Waals surface area contributed by atoms with E-state index >= 15 is 0 Å². The van der Waals surface area contributed by atoms with Crippen molar-refractivity contribution >= 4 is 23.6 Å². The van der Waals surface area contributed by atoms with E-state index in [4.69, 9.17) is 18.9 Å². The molecule has 1 spiro atoms. The number of nitrogens with zero attached hydrogens (tertiary/aromatic N) is 6. The Bertz CT molecular complexity index is 1130. The van der Waals surface area contributed by atoms with Crippen LogP contribution < -0.4 is 0 Å². The van der Waals surface area contributed by atoms with Crippen molar-refractivity contribution in [2.24, 2.45) is 5.41 Å². The molecule has 14 nitrogen and oxygen atoms in total. The van der Waals surface area contributed by atoms with Crippen LogP contribution in [0, 0.1) is 5.41 Å². The molecule has 39 heavy (non-hydrogen) atoms. The van der Waals surface area contributed by atoms with Gasteiger partial charge in [0.2, 0.25) is 0 Å². The first-order chi connectivity index (χ1) is 19.0. The highest BCUT2D eigenvalue weighted by Gasteiger charge is 2.43. The Labute approximate surface area is 222 Å². The van der Waals surface area contributed by atoms with Gasteiger partial charge in [0, 0.05) is 50.7 Å². The van der Waals surface area contributed by atoms with Crippen LogP contribution in [0.1, 0.15) is 67.6 Å².